The van der Waals surface area contributed by atoms with Crippen molar-refractivity contribution >= 4 is 47.1 Å². The van der Waals surface area contributed by atoms with E-state index in [0.717, 1.165) is 0 Å². The summed E-state index contributed by atoms with van der Waals surface area (Å²) in [7, 11) is 0. The van der Waals surface area contributed by atoms with Gasteiger partial charge in [0.2, 0.25) is 11.9 Å². The molecule has 0 saturated carbocycles. The van der Waals surface area contributed by atoms with Gasteiger partial charge < -0.3 is 35.1 Å². The van der Waals surface area contributed by atoms with Gasteiger partial charge in [0.05, 0.1) is 6.33 Å². The molecule has 0 spiro atoms. The lowest BCUT2D eigenvalue weighted by Crippen LogP contribution is -2.37. The maximum absolute atomic E-state index is 12.6. The number of carboxylic acid groups (broad SMARTS) is 2. The fourth-order valence-electron chi connectivity index (χ4n) is 4.53. The molecule has 1 saturated heterocycles. The van der Waals surface area contributed by atoms with E-state index < -0.39 is 48.1 Å². The molecular weight excluding hydrogens is 610 g/mol. The Kier molecular flexibility index (Phi) is 13.7. The highest BCUT2D eigenvalue weighted by Gasteiger charge is 2.40. The number of carboxylic acids is 2. The average molecular weight is 652 g/mol. The summed E-state index contributed by atoms with van der Waals surface area (Å²) in [4.78, 5) is 81.9. The van der Waals surface area contributed by atoms with Crippen molar-refractivity contribution in [2.75, 3.05) is 25.0 Å². The minimum absolute atomic E-state index is 0.00770. The summed E-state index contributed by atoms with van der Waals surface area (Å²) in [6.07, 6.45) is 0.684. The molecule has 0 aromatic carbocycles. The highest BCUT2D eigenvalue weighted by molar-refractivity contribution is 5.91. The molecule has 1 aliphatic rings. The number of nitrogens with one attached hydrogen (secondary N) is 4. The topological polar surface area (TPSA) is 253 Å². The molecule has 2 aromatic rings. The molecule has 0 radical (unpaired) electrons. The first-order valence-electron chi connectivity index (χ1n) is 15.2. The lowest BCUT2D eigenvalue weighted by atomic mass is 10.2. The van der Waals surface area contributed by atoms with Gasteiger partial charge in [-0.3, -0.25) is 34.0 Å². The van der Waals surface area contributed by atoms with Gasteiger partial charge >= 0.3 is 24.1 Å². The average Bonchev–Trinajstić information content (AvgIpc) is 3.59. The number of amides is 3. The molecule has 18 nitrogen and oxygen atoms in total. The Hall–Kier alpha value is -4.74. The molecule has 1 aliphatic heterocycles. The number of aromatic amines is 1. The fourth-order valence-corrected chi connectivity index (χ4v) is 4.53. The molecular formula is C28H41N7O11. The van der Waals surface area contributed by atoms with Crippen molar-refractivity contribution in [1.82, 2.24) is 30.2 Å². The summed E-state index contributed by atoms with van der Waals surface area (Å²) in [6, 6.07) is 0. The van der Waals surface area contributed by atoms with Gasteiger partial charge in [-0.15, -0.1) is 0 Å². The van der Waals surface area contributed by atoms with Crippen LogP contribution in [0.4, 0.5) is 15.5 Å². The van der Waals surface area contributed by atoms with Crippen LogP contribution >= 0.6 is 0 Å². The molecule has 2 aromatic heterocycles. The standard InChI is InChI=1S/C28H41N7O11/c1-16(2)24(40)33-26-32-23-22(25(41)34-26)31-15-35(23)19-13-17(46-28(43)30-12-8-4-6-10-21(38)39)18(45-19)14-44-27(42)29-11-7-3-5-9-20(36)37/h15-19H,3-14H2,1-2H3,(H,29,42)(H,30,43)(H,36,37)(H,38,39)(H2,32,33,34,40,41)/t17-,18+,19+/m0/s1. The monoisotopic (exact) mass is 651 g/mol. The first kappa shape index (κ1) is 35.7. The summed E-state index contributed by atoms with van der Waals surface area (Å²) < 4.78 is 18.5. The first-order chi connectivity index (χ1) is 21.9. The third kappa shape index (κ3) is 11.3. The third-order valence-electron chi connectivity index (χ3n) is 7.00. The minimum atomic E-state index is -0.910. The van der Waals surface area contributed by atoms with Crippen molar-refractivity contribution in [3.05, 3.63) is 16.7 Å². The molecule has 1 fully saturated rings. The van der Waals surface area contributed by atoms with Crippen LogP contribution in [0.15, 0.2) is 11.1 Å². The number of anilines is 1. The zero-order valence-corrected chi connectivity index (χ0v) is 25.8. The Morgan fingerprint density at radius 3 is 2.24 bits per heavy atom. The minimum Gasteiger partial charge on any atom is -0.481 e. The number of alkyl carbamates (subject to hydrolysis) is 2. The number of fused-ring (bicyclic) bond motifs is 1. The van der Waals surface area contributed by atoms with Crippen LogP contribution in [0, 0.1) is 5.92 Å². The molecule has 0 bridgehead atoms. The first-order valence-corrected chi connectivity index (χ1v) is 15.2. The van der Waals surface area contributed by atoms with E-state index in [0.29, 0.717) is 38.5 Å². The summed E-state index contributed by atoms with van der Waals surface area (Å²) in [5.74, 6) is -2.57. The van der Waals surface area contributed by atoms with Gasteiger partial charge in [0.15, 0.2) is 11.2 Å². The molecule has 3 atom stereocenters. The van der Waals surface area contributed by atoms with Crippen molar-refractivity contribution in [3.63, 3.8) is 0 Å². The SMILES string of the molecule is CC(C)C(=O)Nc1nc2c(ncn2[C@H]2C[C@H](OC(=O)NCCCCCC(=O)O)[C@@H](COC(=O)NCCCCCC(=O)O)O2)c(=O)[nH]1. The van der Waals surface area contributed by atoms with Crippen molar-refractivity contribution in [3.8, 4) is 0 Å². The van der Waals surface area contributed by atoms with Gasteiger partial charge in [0.1, 0.15) is 25.0 Å². The van der Waals surface area contributed by atoms with E-state index in [4.69, 9.17) is 24.4 Å². The number of imidazole rings is 1. The largest absolute Gasteiger partial charge is 0.481 e. The molecule has 254 valence electrons. The Morgan fingerprint density at radius 2 is 1.63 bits per heavy atom. The zero-order chi connectivity index (χ0) is 33.6. The predicted molar refractivity (Wildman–Crippen MR) is 160 cm³/mol. The van der Waals surface area contributed by atoms with Crippen LogP contribution in [-0.2, 0) is 28.6 Å². The van der Waals surface area contributed by atoms with Crippen molar-refractivity contribution in [2.45, 2.75) is 90.1 Å². The predicted octanol–water partition coefficient (Wildman–Crippen LogP) is 2.11. The summed E-state index contributed by atoms with van der Waals surface area (Å²) >= 11 is 0. The summed E-state index contributed by atoms with van der Waals surface area (Å²) in [5.41, 5.74) is -0.484. The van der Waals surface area contributed by atoms with Crippen LogP contribution in [0.2, 0.25) is 0 Å². The molecule has 6 N–H and O–H groups in total. The van der Waals surface area contributed by atoms with Gasteiger partial charge in [0, 0.05) is 38.3 Å². The number of carbonyl (C=O) groups excluding carboxylic acids is 3. The van der Waals surface area contributed by atoms with Gasteiger partial charge in [-0.05, 0) is 25.7 Å². The molecule has 0 aliphatic carbocycles. The number of ether oxygens (including phenoxy) is 3. The van der Waals surface area contributed by atoms with Crippen molar-refractivity contribution in [2.24, 2.45) is 5.92 Å². The van der Waals surface area contributed by atoms with Crippen LogP contribution < -0.4 is 21.5 Å². The Balaban J connectivity index is 1.65. The summed E-state index contributed by atoms with van der Waals surface area (Å²) in [6.45, 7) is 3.62. The van der Waals surface area contributed by atoms with Crippen LogP contribution in [0.25, 0.3) is 11.2 Å². The second-order valence-corrected chi connectivity index (χ2v) is 11.1. The normalized spacial score (nSPS) is 17.5. The lowest BCUT2D eigenvalue weighted by molar-refractivity contribution is -0.138. The molecule has 3 amide bonds. The number of hydrogen-bond acceptors (Lipinski definition) is 11. The number of rotatable bonds is 18. The highest BCUT2D eigenvalue weighted by atomic mass is 16.6. The van der Waals surface area contributed by atoms with E-state index in [-0.39, 0.29) is 67.9 Å². The van der Waals surface area contributed by atoms with Crippen LogP contribution in [0.1, 0.15) is 77.9 Å². The second-order valence-electron chi connectivity index (χ2n) is 11.1. The number of aliphatic carboxylic acids is 2. The number of hydrogen-bond donors (Lipinski definition) is 6. The maximum atomic E-state index is 12.6. The number of carbonyl (C=O) groups is 5. The van der Waals surface area contributed by atoms with E-state index in [9.17, 15) is 28.8 Å². The maximum Gasteiger partial charge on any atom is 0.407 e. The second kappa shape index (κ2) is 17.7. The van der Waals surface area contributed by atoms with Gasteiger partial charge in [-0.25, -0.2) is 14.6 Å². The van der Waals surface area contributed by atoms with Gasteiger partial charge in [-0.1, -0.05) is 26.7 Å². The van der Waals surface area contributed by atoms with Crippen molar-refractivity contribution in [1.29, 1.82) is 0 Å². The van der Waals surface area contributed by atoms with E-state index in [1.807, 2.05) is 0 Å². The lowest BCUT2D eigenvalue weighted by Gasteiger charge is -2.19. The number of H-pyrrole nitrogens is 1. The fraction of sp³-hybridized carbons (Fsp3) is 0.643. The van der Waals surface area contributed by atoms with E-state index in [2.05, 4.69) is 30.9 Å². The Bertz CT molecular complexity index is 1420. The van der Waals surface area contributed by atoms with E-state index in [1.165, 1.54) is 10.9 Å². The molecule has 3 rings (SSSR count). The molecule has 0 unspecified atom stereocenters. The zero-order valence-electron chi connectivity index (χ0n) is 25.8. The number of unbranched alkanes of at least 4 members (excludes halogenated alkanes) is 4. The van der Waals surface area contributed by atoms with Crippen LogP contribution in [0.5, 0.6) is 0 Å². The molecule has 46 heavy (non-hydrogen) atoms. The Morgan fingerprint density at radius 1 is 1.00 bits per heavy atom. The van der Waals surface area contributed by atoms with Gasteiger partial charge in [0.25, 0.3) is 5.56 Å². The highest BCUT2D eigenvalue weighted by Crippen LogP contribution is 2.33. The quantitative estimate of drug-likeness (QED) is 0.126. The van der Waals surface area contributed by atoms with E-state index >= 15 is 0 Å². The third-order valence-corrected chi connectivity index (χ3v) is 7.00. The van der Waals surface area contributed by atoms with Crippen molar-refractivity contribution < 1.29 is 48.4 Å². The molecule has 3 heterocycles. The molecule has 18 heteroatoms. The summed E-state index contributed by atoms with van der Waals surface area (Å²) in [5, 5.41) is 25.2. The Labute approximate surface area is 263 Å². The van der Waals surface area contributed by atoms with Gasteiger partial charge in [-0.2, -0.15) is 4.98 Å². The number of nitrogens with zero attached hydrogens (tertiary/aromatic N) is 3. The smallest absolute Gasteiger partial charge is 0.407 e. The van der Waals surface area contributed by atoms with E-state index in [1.54, 1.807) is 13.8 Å². The van der Waals surface area contributed by atoms with Crippen LogP contribution in [-0.4, -0.2) is 91.7 Å². The number of aromatic nitrogens is 4. The van der Waals surface area contributed by atoms with Crippen LogP contribution in [0.3, 0.4) is 0 Å².